The summed E-state index contributed by atoms with van der Waals surface area (Å²) in [5.74, 6) is -1.32. The molecule has 0 atom stereocenters. The van der Waals surface area contributed by atoms with E-state index in [0.29, 0.717) is 0 Å². The first-order valence-electron chi connectivity index (χ1n) is 2.12. The van der Waals surface area contributed by atoms with Crippen molar-refractivity contribution < 1.29 is 28.3 Å². The molecule has 0 aliphatic rings. The Kier molecular flexibility index (Phi) is 3.56. The van der Waals surface area contributed by atoms with Gasteiger partial charge in [0, 0.05) is 31.1 Å². The summed E-state index contributed by atoms with van der Waals surface area (Å²) in [5, 5.41) is 0. The van der Waals surface area contributed by atoms with E-state index in [1.807, 2.05) is 6.07 Å². The van der Waals surface area contributed by atoms with Crippen LogP contribution in [0.25, 0.3) is 0 Å². The van der Waals surface area contributed by atoms with E-state index < -0.39 is 11.6 Å². The molecule has 0 nitrogen and oxygen atoms in total. The van der Waals surface area contributed by atoms with Crippen LogP contribution in [0.1, 0.15) is 0 Å². The third-order valence-electron chi connectivity index (χ3n) is 0.724. The average molecular weight is 178 g/mol. The van der Waals surface area contributed by atoms with Gasteiger partial charge in [-0.1, -0.05) is 0 Å². The predicted octanol–water partition coefficient (Wildman–Crippen LogP) is 1.76. The SMILES string of the molecule is Fc1[c-]c(F)ccc1.[Zn]. The third kappa shape index (κ3) is 2.66. The molecule has 1 rings (SSSR count). The molecule has 0 amide bonds. The van der Waals surface area contributed by atoms with Crippen LogP contribution < -0.4 is 0 Å². The van der Waals surface area contributed by atoms with Crippen molar-refractivity contribution in [2.45, 2.75) is 0 Å². The normalized spacial score (nSPS) is 8.22. The molecule has 44 valence electrons. The van der Waals surface area contributed by atoms with Gasteiger partial charge < -0.3 is 0 Å². The van der Waals surface area contributed by atoms with Gasteiger partial charge in [0.1, 0.15) is 0 Å². The Morgan fingerprint density at radius 3 is 1.78 bits per heavy atom. The molecule has 1 aromatic carbocycles. The van der Waals surface area contributed by atoms with Gasteiger partial charge in [-0.15, -0.1) is 18.2 Å². The molecule has 0 heterocycles. The molecule has 1 aromatic rings. The van der Waals surface area contributed by atoms with Gasteiger partial charge in [0.15, 0.2) is 0 Å². The zero-order chi connectivity index (χ0) is 5.98. The molecule has 9 heavy (non-hydrogen) atoms. The molecule has 0 spiro atoms. The number of benzene rings is 1. The maximum atomic E-state index is 11.9. The molecule has 0 bridgehead atoms. The fourth-order valence-electron chi connectivity index (χ4n) is 0.414. The summed E-state index contributed by atoms with van der Waals surface area (Å²) in [6.07, 6.45) is 0. The smallest absolute Gasteiger partial charge is 0.0136 e. The molecule has 3 heteroatoms. The second-order valence-corrected chi connectivity index (χ2v) is 1.35. The molecule has 0 N–H and O–H groups in total. The van der Waals surface area contributed by atoms with E-state index in [-0.39, 0.29) is 19.5 Å². The Labute approximate surface area is 64.6 Å². The molecule has 0 aliphatic heterocycles. The maximum Gasteiger partial charge on any atom is 0.0136 e. The van der Waals surface area contributed by atoms with Crippen molar-refractivity contribution in [1.29, 1.82) is 0 Å². The minimum atomic E-state index is -0.662. The van der Waals surface area contributed by atoms with Gasteiger partial charge in [0.25, 0.3) is 0 Å². The number of halogens is 2. The standard InChI is InChI=1S/C6H3F2.Zn/c7-5-2-1-3-6(8)4-5;/h1-3H;/q-1;. The van der Waals surface area contributed by atoms with Crippen molar-refractivity contribution in [3.05, 3.63) is 35.9 Å². The van der Waals surface area contributed by atoms with E-state index in [2.05, 4.69) is 0 Å². The van der Waals surface area contributed by atoms with Crippen molar-refractivity contribution in [1.82, 2.24) is 0 Å². The molecule has 0 saturated heterocycles. The van der Waals surface area contributed by atoms with Gasteiger partial charge in [0.05, 0.1) is 0 Å². The average Bonchev–Trinajstić information content (AvgIpc) is 1.64. The van der Waals surface area contributed by atoms with Crippen LogP contribution in [0.5, 0.6) is 0 Å². The van der Waals surface area contributed by atoms with Crippen molar-refractivity contribution in [3.8, 4) is 0 Å². The first-order valence-corrected chi connectivity index (χ1v) is 2.12. The van der Waals surface area contributed by atoms with Crippen LogP contribution in [-0.4, -0.2) is 0 Å². The number of rotatable bonds is 0. The summed E-state index contributed by atoms with van der Waals surface area (Å²) in [6, 6.07) is 5.41. The number of hydrogen-bond donors (Lipinski definition) is 0. The van der Waals surface area contributed by atoms with E-state index in [9.17, 15) is 8.78 Å². The van der Waals surface area contributed by atoms with E-state index in [1.165, 1.54) is 6.07 Å². The van der Waals surface area contributed by atoms with Gasteiger partial charge in [-0.3, -0.25) is 0 Å². The van der Waals surface area contributed by atoms with E-state index in [4.69, 9.17) is 0 Å². The van der Waals surface area contributed by atoms with Crippen LogP contribution in [0, 0.1) is 17.7 Å². The summed E-state index contributed by atoms with van der Waals surface area (Å²) in [4.78, 5) is 0. The molecule has 0 saturated carbocycles. The molecular weight excluding hydrogens is 175 g/mol. The summed E-state index contributed by atoms with van der Waals surface area (Å²) in [5.41, 5.74) is 0. The van der Waals surface area contributed by atoms with E-state index >= 15 is 0 Å². The quantitative estimate of drug-likeness (QED) is 0.420. The van der Waals surface area contributed by atoms with E-state index in [0.717, 1.165) is 12.1 Å². The Morgan fingerprint density at radius 2 is 1.56 bits per heavy atom. The van der Waals surface area contributed by atoms with Crippen molar-refractivity contribution in [3.63, 3.8) is 0 Å². The van der Waals surface area contributed by atoms with E-state index in [1.54, 1.807) is 0 Å². The van der Waals surface area contributed by atoms with Crippen LogP contribution in [-0.2, 0) is 19.5 Å². The fourth-order valence-corrected chi connectivity index (χ4v) is 0.414. The Morgan fingerprint density at radius 1 is 1.11 bits per heavy atom. The van der Waals surface area contributed by atoms with Crippen LogP contribution >= 0.6 is 0 Å². The molecule has 0 fully saturated rings. The minimum absolute atomic E-state index is 0. The second kappa shape index (κ2) is 3.68. The maximum absolute atomic E-state index is 11.9. The molecule has 0 aliphatic carbocycles. The molecule has 0 aromatic heterocycles. The summed E-state index contributed by atoms with van der Waals surface area (Å²) in [6.45, 7) is 0. The molecule has 0 unspecified atom stereocenters. The molecular formula is C6H3F2Zn-. The summed E-state index contributed by atoms with van der Waals surface area (Å²) in [7, 11) is 0. The largest absolute Gasteiger partial charge is 0.236 e. The van der Waals surface area contributed by atoms with Crippen LogP contribution in [0.15, 0.2) is 18.2 Å². The van der Waals surface area contributed by atoms with Gasteiger partial charge in [-0.2, -0.15) is 6.07 Å². The van der Waals surface area contributed by atoms with Crippen molar-refractivity contribution in [2.24, 2.45) is 0 Å². The van der Waals surface area contributed by atoms with Gasteiger partial charge in [0.2, 0.25) is 0 Å². The summed E-state index contributed by atoms with van der Waals surface area (Å²) >= 11 is 0. The Bertz CT molecular complexity index is 171. The van der Waals surface area contributed by atoms with Gasteiger partial charge >= 0.3 is 0 Å². The van der Waals surface area contributed by atoms with Gasteiger partial charge in [-0.25, -0.2) is 8.78 Å². The zero-order valence-electron chi connectivity index (χ0n) is 4.70. The monoisotopic (exact) mass is 177 g/mol. The van der Waals surface area contributed by atoms with Crippen molar-refractivity contribution in [2.75, 3.05) is 0 Å². The summed E-state index contributed by atoms with van der Waals surface area (Å²) < 4.78 is 23.7. The van der Waals surface area contributed by atoms with Crippen LogP contribution in [0.2, 0.25) is 0 Å². The topological polar surface area (TPSA) is 0 Å². The predicted molar refractivity (Wildman–Crippen MR) is 25.2 cm³/mol. The van der Waals surface area contributed by atoms with Gasteiger partial charge in [-0.05, 0) is 0 Å². The minimum Gasteiger partial charge on any atom is -0.236 e. The fraction of sp³-hybridized carbons (Fsp3) is 0. The second-order valence-electron chi connectivity index (χ2n) is 1.35. The Hall–Kier alpha value is -0.297. The Balaban J connectivity index is 0.000000640. The third-order valence-corrected chi connectivity index (χ3v) is 0.724. The zero-order valence-corrected chi connectivity index (χ0v) is 7.66. The van der Waals surface area contributed by atoms with Crippen molar-refractivity contribution >= 4 is 0 Å². The molecule has 0 radical (unpaired) electrons. The number of hydrogen-bond acceptors (Lipinski definition) is 0. The van der Waals surface area contributed by atoms with Crippen LogP contribution in [0.4, 0.5) is 8.78 Å². The first kappa shape index (κ1) is 8.70. The van der Waals surface area contributed by atoms with Crippen LogP contribution in [0.3, 0.4) is 0 Å². The first-order chi connectivity index (χ1) is 3.79.